The van der Waals surface area contributed by atoms with Crippen molar-refractivity contribution in [3.05, 3.63) is 30.7 Å². The van der Waals surface area contributed by atoms with E-state index < -0.39 is 0 Å². The molecule has 0 amide bonds. The van der Waals surface area contributed by atoms with Crippen molar-refractivity contribution in [2.45, 2.75) is 6.42 Å². The van der Waals surface area contributed by atoms with Gasteiger partial charge in [0.15, 0.2) is 0 Å². The number of halogens is 3. The Bertz CT molecular complexity index is 344. The molecule has 0 aliphatic carbocycles. The van der Waals surface area contributed by atoms with Crippen molar-refractivity contribution in [2.75, 3.05) is 0 Å². The molecule has 0 fully saturated rings. The summed E-state index contributed by atoms with van der Waals surface area (Å²) in [5, 5.41) is 8.40. The fourth-order valence-corrected chi connectivity index (χ4v) is 2.79. The highest BCUT2D eigenvalue weighted by Gasteiger charge is 2.06. The maximum Gasteiger partial charge on any atom is 0.140 e. The molecule has 0 aliphatic rings. The molecule has 0 aromatic heterocycles. The molecule has 0 bridgehead atoms. The summed E-state index contributed by atoms with van der Waals surface area (Å²) in [6.07, 6.45) is 0.138. The molecule has 1 aromatic rings. The van der Waals surface area contributed by atoms with Gasteiger partial charge in [-0.2, -0.15) is 5.26 Å². The van der Waals surface area contributed by atoms with Crippen LogP contribution in [-0.4, -0.2) is 0 Å². The van der Waals surface area contributed by atoms with E-state index in [-0.39, 0.29) is 12.2 Å². The molecule has 0 radical (unpaired) electrons. The molecular formula is C8H4FI2N. The van der Waals surface area contributed by atoms with Gasteiger partial charge in [0.2, 0.25) is 0 Å². The second-order valence-corrected chi connectivity index (χ2v) is 4.60. The zero-order valence-electron chi connectivity index (χ0n) is 5.94. The van der Waals surface area contributed by atoms with Gasteiger partial charge >= 0.3 is 0 Å². The smallest absolute Gasteiger partial charge is 0.140 e. The summed E-state index contributed by atoms with van der Waals surface area (Å²) in [6.45, 7) is 0. The lowest BCUT2D eigenvalue weighted by Crippen LogP contribution is -1.93. The molecule has 0 saturated heterocycles. The van der Waals surface area contributed by atoms with Crippen LogP contribution in [0.3, 0.4) is 0 Å². The van der Waals surface area contributed by atoms with Crippen LogP contribution < -0.4 is 0 Å². The Kier molecular flexibility index (Phi) is 3.71. The van der Waals surface area contributed by atoms with Gasteiger partial charge in [-0.1, -0.05) is 0 Å². The largest absolute Gasteiger partial charge is 0.205 e. The Balaban J connectivity index is 3.20. The molecule has 62 valence electrons. The third-order valence-electron chi connectivity index (χ3n) is 1.34. The number of benzene rings is 1. The highest BCUT2D eigenvalue weighted by Crippen LogP contribution is 2.19. The van der Waals surface area contributed by atoms with Crippen LogP contribution >= 0.6 is 45.2 Å². The molecule has 0 N–H and O–H groups in total. The molecule has 0 spiro atoms. The molecule has 0 aliphatic heterocycles. The predicted molar refractivity (Wildman–Crippen MR) is 61.2 cm³/mol. The van der Waals surface area contributed by atoms with E-state index in [1.165, 1.54) is 0 Å². The van der Waals surface area contributed by atoms with Gasteiger partial charge in [-0.15, -0.1) is 0 Å². The molecule has 1 nitrogen and oxygen atoms in total. The van der Waals surface area contributed by atoms with Crippen LogP contribution in [0, 0.1) is 24.3 Å². The topological polar surface area (TPSA) is 23.8 Å². The molecule has 0 unspecified atom stereocenters. The van der Waals surface area contributed by atoms with E-state index in [4.69, 9.17) is 5.26 Å². The van der Waals surface area contributed by atoms with Gasteiger partial charge < -0.3 is 0 Å². The lowest BCUT2D eigenvalue weighted by atomic mass is 10.1. The summed E-state index contributed by atoms with van der Waals surface area (Å²) in [7, 11) is 0. The van der Waals surface area contributed by atoms with E-state index in [0.717, 1.165) is 3.57 Å². The second kappa shape index (κ2) is 4.37. The van der Waals surface area contributed by atoms with Crippen molar-refractivity contribution in [1.82, 2.24) is 0 Å². The summed E-state index contributed by atoms with van der Waals surface area (Å²) in [5.74, 6) is -0.266. The molecule has 1 aromatic carbocycles. The maximum absolute atomic E-state index is 13.2. The molecule has 12 heavy (non-hydrogen) atoms. The fourth-order valence-electron chi connectivity index (χ4n) is 0.823. The lowest BCUT2D eigenvalue weighted by Gasteiger charge is -2.01. The van der Waals surface area contributed by atoms with Gasteiger partial charge in [0.25, 0.3) is 0 Å². The fraction of sp³-hybridized carbons (Fsp3) is 0.125. The SMILES string of the molecule is N#CCc1cc(I)cc(I)c1F. The first-order valence-corrected chi connectivity index (χ1v) is 5.31. The van der Waals surface area contributed by atoms with Crippen LogP contribution in [0.2, 0.25) is 0 Å². The Morgan fingerprint density at radius 2 is 2.08 bits per heavy atom. The highest BCUT2D eigenvalue weighted by molar-refractivity contribution is 14.1. The van der Waals surface area contributed by atoms with Gasteiger partial charge in [0.1, 0.15) is 5.82 Å². The van der Waals surface area contributed by atoms with Crippen LogP contribution in [0.25, 0.3) is 0 Å². The molecule has 0 saturated carbocycles. The summed E-state index contributed by atoms with van der Waals surface area (Å²) >= 11 is 4.03. The summed E-state index contributed by atoms with van der Waals surface area (Å²) in [4.78, 5) is 0. The minimum atomic E-state index is -0.266. The first-order chi connectivity index (χ1) is 5.65. The normalized spacial score (nSPS) is 9.50. The monoisotopic (exact) mass is 387 g/mol. The Morgan fingerprint density at radius 3 is 2.67 bits per heavy atom. The van der Waals surface area contributed by atoms with Gasteiger partial charge in [-0.05, 0) is 57.3 Å². The minimum absolute atomic E-state index is 0.138. The number of rotatable bonds is 1. The van der Waals surface area contributed by atoms with E-state index in [1.54, 1.807) is 12.1 Å². The van der Waals surface area contributed by atoms with Crippen molar-refractivity contribution < 1.29 is 4.39 Å². The number of nitrogens with zero attached hydrogens (tertiary/aromatic N) is 1. The van der Waals surface area contributed by atoms with Crippen LogP contribution in [0.5, 0.6) is 0 Å². The van der Waals surface area contributed by atoms with Crippen molar-refractivity contribution in [1.29, 1.82) is 5.26 Å². The first-order valence-electron chi connectivity index (χ1n) is 3.15. The Labute approximate surface area is 97.2 Å². The molecule has 4 heteroatoms. The first kappa shape index (κ1) is 10.2. The third-order valence-corrected chi connectivity index (χ3v) is 2.75. The van der Waals surface area contributed by atoms with Gasteiger partial charge in [-0.3, -0.25) is 0 Å². The van der Waals surface area contributed by atoms with Crippen LogP contribution in [0.4, 0.5) is 4.39 Å². The lowest BCUT2D eigenvalue weighted by molar-refractivity contribution is 0.607. The van der Waals surface area contributed by atoms with Crippen molar-refractivity contribution >= 4 is 45.2 Å². The zero-order valence-corrected chi connectivity index (χ0v) is 10.3. The number of nitriles is 1. The van der Waals surface area contributed by atoms with Gasteiger partial charge in [0.05, 0.1) is 16.1 Å². The predicted octanol–water partition coefficient (Wildman–Crippen LogP) is 3.10. The minimum Gasteiger partial charge on any atom is -0.205 e. The molecular weight excluding hydrogens is 383 g/mol. The highest BCUT2D eigenvalue weighted by atomic mass is 127. The Morgan fingerprint density at radius 1 is 1.42 bits per heavy atom. The van der Waals surface area contributed by atoms with Crippen LogP contribution in [0.15, 0.2) is 12.1 Å². The van der Waals surface area contributed by atoms with Crippen LogP contribution in [0.1, 0.15) is 5.56 Å². The number of hydrogen-bond acceptors (Lipinski definition) is 1. The van der Waals surface area contributed by atoms with Crippen LogP contribution in [-0.2, 0) is 6.42 Å². The summed E-state index contributed by atoms with van der Waals surface area (Å²) in [6, 6.07) is 5.38. The number of hydrogen-bond donors (Lipinski definition) is 0. The second-order valence-electron chi connectivity index (χ2n) is 2.20. The van der Waals surface area contributed by atoms with E-state index in [0.29, 0.717) is 9.13 Å². The Hall–Kier alpha value is 0.1000. The van der Waals surface area contributed by atoms with E-state index in [2.05, 4.69) is 22.6 Å². The van der Waals surface area contributed by atoms with E-state index in [1.807, 2.05) is 28.7 Å². The van der Waals surface area contributed by atoms with E-state index >= 15 is 0 Å². The maximum atomic E-state index is 13.2. The van der Waals surface area contributed by atoms with Crippen molar-refractivity contribution in [3.8, 4) is 6.07 Å². The van der Waals surface area contributed by atoms with Gasteiger partial charge in [-0.25, -0.2) is 4.39 Å². The van der Waals surface area contributed by atoms with Crippen molar-refractivity contribution in [3.63, 3.8) is 0 Å². The molecule has 0 atom stereocenters. The standard InChI is InChI=1S/C8H4FI2N/c9-8-5(1-2-12)3-6(10)4-7(8)11/h3-4H,1H2. The average Bonchev–Trinajstić information content (AvgIpc) is 2.00. The van der Waals surface area contributed by atoms with Crippen molar-refractivity contribution in [2.24, 2.45) is 0 Å². The zero-order chi connectivity index (χ0) is 9.14. The average molecular weight is 387 g/mol. The molecule has 0 heterocycles. The third kappa shape index (κ3) is 2.29. The summed E-state index contributed by atoms with van der Waals surface area (Å²) < 4.78 is 14.7. The molecule has 1 rings (SSSR count). The summed E-state index contributed by atoms with van der Waals surface area (Å²) in [5.41, 5.74) is 0.480. The quantitative estimate of drug-likeness (QED) is 0.537. The van der Waals surface area contributed by atoms with E-state index in [9.17, 15) is 4.39 Å². The van der Waals surface area contributed by atoms with Gasteiger partial charge in [0, 0.05) is 9.13 Å².